The van der Waals surface area contributed by atoms with Crippen molar-refractivity contribution in [3.8, 4) is 102 Å². The number of quaternary nitrogens is 3. The number of hydrogen-bond donors (Lipinski definition) is 9. The van der Waals surface area contributed by atoms with Crippen LogP contribution in [0.3, 0.4) is 0 Å². The topological polar surface area (TPSA) is 454 Å². The first-order valence-electron chi connectivity index (χ1n) is 31.1. The summed E-state index contributed by atoms with van der Waals surface area (Å²) in [5.41, 5.74) is 53.3. The molecule has 0 atom stereocenters. The predicted octanol–water partition coefficient (Wildman–Crippen LogP) is 2.52. The lowest BCUT2D eigenvalue weighted by molar-refractivity contribution is -0.369. The van der Waals surface area contributed by atoms with Crippen LogP contribution in [0.25, 0.3) is 67.8 Å². The minimum atomic E-state index is 0.0374. The van der Waals surface area contributed by atoms with Crippen molar-refractivity contribution in [2.24, 2.45) is 49.4 Å². The molecule has 0 aliphatic heterocycles. The summed E-state index contributed by atoms with van der Waals surface area (Å²) in [6, 6.07) is 42.4. The molecular formula is C65H83N24O6+3. The van der Waals surface area contributed by atoms with Crippen molar-refractivity contribution in [2.75, 3.05) is 78.9 Å². The Hall–Kier alpha value is -11.6. The maximum absolute atomic E-state index is 6.12. The van der Waals surface area contributed by atoms with Crippen LogP contribution in [0.15, 0.2) is 173 Å². The molecule has 95 heavy (non-hydrogen) atoms. The van der Waals surface area contributed by atoms with Crippen molar-refractivity contribution in [1.29, 1.82) is 0 Å². The number of nitrogens with zero attached hydrogens (tertiary/aromatic N) is 15. The number of aromatic nitrogens is 12. The van der Waals surface area contributed by atoms with E-state index in [1.54, 1.807) is 18.7 Å². The third-order valence-corrected chi connectivity index (χ3v) is 13.9. The summed E-state index contributed by atoms with van der Waals surface area (Å²) >= 11 is 0. The highest BCUT2D eigenvalue weighted by atomic mass is 16.5. The Kier molecular flexibility index (Phi) is 25.1. The summed E-state index contributed by atoms with van der Waals surface area (Å²) in [4.78, 5) is 12.0. The molecule has 6 aromatic carbocycles. The molecular weight excluding hydrogens is 1210 g/mol. The fraction of sp³-hybridized carbons (Fsp3) is 0.277. The number of rotatable bonds is 35. The lowest BCUT2D eigenvalue weighted by Crippen LogP contribution is -2.50. The summed E-state index contributed by atoms with van der Waals surface area (Å²) in [5, 5.41) is 35.4. The first kappa shape index (κ1) is 67.8. The van der Waals surface area contributed by atoms with E-state index < -0.39 is 0 Å². The van der Waals surface area contributed by atoms with Gasteiger partial charge in [0.1, 0.15) is 57.3 Å². The van der Waals surface area contributed by atoms with Gasteiger partial charge in [0.25, 0.3) is 0 Å². The van der Waals surface area contributed by atoms with Crippen LogP contribution >= 0.6 is 0 Å². The largest absolute Gasteiger partial charge is 0.493 e. The molecule has 0 saturated carbocycles. The van der Waals surface area contributed by atoms with E-state index in [1.807, 2.05) is 158 Å². The Morgan fingerprint density at radius 1 is 0.316 bits per heavy atom. The van der Waals surface area contributed by atoms with E-state index in [4.69, 9.17) is 62.8 Å². The van der Waals surface area contributed by atoms with Gasteiger partial charge in [0.15, 0.2) is 17.9 Å². The molecule has 30 nitrogen and oxygen atoms in total. The van der Waals surface area contributed by atoms with Crippen LogP contribution in [0.2, 0.25) is 0 Å². The fourth-order valence-electron chi connectivity index (χ4n) is 9.17. The van der Waals surface area contributed by atoms with Gasteiger partial charge in [-0.25, -0.2) is 18.7 Å². The van der Waals surface area contributed by atoms with Gasteiger partial charge in [-0.15, -0.1) is 20.4 Å². The summed E-state index contributed by atoms with van der Waals surface area (Å²) in [6.45, 7) is 6.98. The number of guanidine groups is 3. The third kappa shape index (κ3) is 20.9. The van der Waals surface area contributed by atoms with Crippen LogP contribution in [-0.2, 0) is 0 Å². The summed E-state index contributed by atoms with van der Waals surface area (Å²) in [7, 11) is 0. The highest BCUT2D eigenvalue weighted by molar-refractivity contribution is 5.77. The minimum absolute atomic E-state index is 0.0374. The van der Waals surface area contributed by atoms with Crippen molar-refractivity contribution in [3.05, 3.63) is 158 Å². The molecule has 0 unspecified atom stereocenters. The zero-order valence-corrected chi connectivity index (χ0v) is 53.0. The second-order valence-electron chi connectivity index (χ2n) is 21.4. The molecule has 4 aromatic heterocycles. The van der Waals surface area contributed by atoms with Crippen molar-refractivity contribution in [3.63, 3.8) is 0 Å². The zero-order valence-electron chi connectivity index (χ0n) is 53.0. The normalized spacial score (nSPS) is 10.9. The molecule has 0 spiro atoms. The summed E-state index contributed by atoms with van der Waals surface area (Å²) in [6.07, 6.45) is 12.1. The van der Waals surface area contributed by atoms with E-state index >= 15 is 0 Å². The third-order valence-electron chi connectivity index (χ3n) is 13.9. The van der Waals surface area contributed by atoms with Gasteiger partial charge in [-0.1, -0.05) is 45.1 Å². The molecule has 0 aliphatic rings. The standard InChI is InChI=1S/C34H43N15O3.C31H37N9O3/c35-32(36)41-10-3-13-50-27-8-1-6-25(19-27)48-21-30(44-46-48)23-16-24(18-29(17-23)52-15-5-12-43-34(39)40)31-22-49(47-45-31)26-7-2-9-28(20-26)51-14-4-11-42-33(37)38;32-10-3-13-41-27-8-1-6-25(19-27)39-21-30(35-37-39)23-16-24(18-29(17-23)43-15-5-12-34)31-22-40(38-36-31)26-7-2-9-28(20-26)42-14-4-11-33/h1-2,6-9,16-22H,3-5,10-15H2,(H4,35,36,41)(H4,37,38,42)(H4,39,40,43);1-2,6-9,16-22H,3-5,10-15,32-34H2/p+3. The van der Waals surface area contributed by atoms with E-state index in [9.17, 15) is 0 Å². The van der Waals surface area contributed by atoms with Gasteiger partial charge >= 0.3 is 0 Å². The van der Waals surface area contributed by atoms with Crippen LogP contribution in [0, 0.1) is 0 Å². The smallest absolute Gasteiger partial charge is 0.185 e. The molecule has 0 saturated heterocycles. The van der Waals surface area contributed by atoms with Gasteiger partial charge in [0.2, 0.25) is 0 Å². The van der Waals surface area contributed by atoms with Gasteiger partial charge in [-0.05, 0) is 84.9 Å². The van der Waals surface area contributed by atoms with Crippen LogP contribution in [0.1, 0.15) is 38.5 Å². The maximum Gasteiger partial charge on any atom is 0.185 e. The molecule has 30 heteroatoms. The van der Waals surface area contributed by atoms with E-state index in [2.05, 4.69) is 73.4 Å². The lowest BCUT2D eigenvalue weighted by atomic mass is 10.1. The first-order valence-corrected chi connectivity index (χ1v) is 31.1. The van der Waals surface area contributed by atoms with Crippen LogP contribution in [-0.4, -0.2) is 157 Å². The molecule has 10 rings (SSSR count). The van der Waals surface area contributed by atoms with Gasteiger partial charge in [0.05, 0.1) is 107 Å². The predicted molar refractivity (Wildman–Crippen MR) is 360 cm³/mol. The number of aliphatic imine (C=N–C) groups is 3. The maximum atomic E-state index is 6.12. The molecule has 4 heterocycles. The molecule has 0 bridgehead atoms. The quantitative estimate of drug-likeness (QED) is 0.0156. The second-order valence-corrected chi connectivity index (χ2v) is 21.4. The van der Waals surface area contributed by atoms with Crippen molar-refractivity contribution in [2.45, 2.75) is 38.5 Å². The van der Waals surface area contributed by atoms with Gasteiger partial charge in [-0.3, -0.25) is 15.0 Å². The van der Waals surface area contributed by atoms with Gasteiger partial charge in [0, 0.05) is 105 Å². The molecule has 10 aromatic rings. The highest BCUT2D eigenvalue weighted by Gasteiger charge is 2.17. The van der Waals surface area contributed by atoms with Crippen LogP contribution < -0.4 is 80.0 Å². The molecule has 0 fully saturated rings. The number of ether oxygens (including phenoxy) is 6. The van der Waals surface area contributed by atoms with E-state index in [0.29, 0.717) is 124 Å². The van der Waals surface area contributed by atoms with Crippen LogP contribution in [0.5, 0.6) is 34.5 Å². The Balaban J connectivity index is 0.000000227. The Bertz CT molecular complexity index is 3880. The SMILES string of the molecule is NC(N)=NCCCOc1cc(-c2cn(-c3cccc(OCCCN=C(N)N)c3)nn2)cc(-c2cn(-c3cccc(OCCCN=C(N)N)c3)nn2)c1.[NH3+]CCCOc1cc(-c2cn(-c3cccc(OCCC[NH3+])c3)nn2)cc(-c2cn(-c3cccc(OCCC[NH3+])c3)nn2)c1. The molecule has 0 amide bonds. The Morgan fingerprint density at radius 3 is 0.800 bits per heavy atom. The van der Waals surface area contributed by atoms with Crippen molar-refractivity contribution >= 4 is 17.9 Å². The number of hydrogen-bond acceptors (Lipinski definition) is 17. The number of nitrogens with two attached hydrogens (primary N) is 6. The minimum Gasteiger partial charge on any atom is -0.493 e. The van der Waals surface area contributed by atoms with E-state index in [0.717, 1.165) is 95.4 Å². The Morgan fingerprint density at radius 2 is 0.558 bits per heavy atom. The first-order chi connectivity index (χ1) is 46.4. The van der Waals surface area contributed by atoms with Crippen LogP contribution in [0.4, 0.5) is 0 Å². The van der Waals surface area contributed by atoms with Gasteiger partial charge < -0.3 is 80.0 Å². The van der Waals surface area contributed by atoms with Gasteiger partial charge in [-0.2, -0.15) is 0 Å². The second kappa shape index (κ2) is 35.3. The van der Waals surface area contributed by atoms with E-state index in [1.165, 1.54) is 0 Å². The molecule has 0 radical (unpaired) electrons. The van der Waals surface area contributed by atoms with Crippen molar-refractivity contribution in [1.82, 2.24) is 60.0 Å². The Labute approximate surface area is 548 Å². The van der Waals surface area contributed by atoms with E-state index in [-0.39, 0.29) is 17.9 Å². The molecule has 21 N–H and O–H groups in total. The molecule has 0 aliphatic carbocycles. The monoisotopic (exact) mass is 1300 g/mol. The molecule has 496 valence electrons. The average molecular weight is 1300 g/mol. The summed E-state index contributed by atoms with van der Waals surface area (Å²) < 4.78 is 42.5. The highest BCUT2D eigenvalue weighted by Crippen LogP contribution is 2.33. The fourth-order valence-corrected chi connectivity index (χ4v) is 9.17. The van der Waals surface area contributed by atoms with Crippen molar-refractivity contribution < 1.29 is 45.6 Å². The lowest BCUT2D eigenvalue weighted by Gasteiger charge is -2.09. The zero-order chi connectivity index (χ0) is 66.6. The number of benzene rings is 6. The average Bonchev–Trinajstić information content (AvgIpc) is 1.71. The summed E-state index contributed by atoms with van der Waals surface area (Å²) in [5.74, 6) is 4.40.